The quantitative estimate of drug-likeness (QED) is 0.463. The Morgan fingerprint density at radius 3 is 2.79 bits per heavy atom. The number of hydrogen-bond donors (Lipinski definition) is 1. The van der Waals surface area contributed by atoms with Gasteiger partial charge in [-0.25, -0.2) is 4.79 Å². The summed E-state index contributed by atoms with van der Waals surface area (Å²) in [6.07, 6.45) is 0.901. The summed E-state index contributed by atoms with van der Waals surface area (Å²) in [5.41, 5.74) is 0. The van der Waals surface area contributed by atoms with Gasteiger partial charge in [0, 0.05) is 29.6 Å². The van der Waals surface area contributed by atoms with Gasteiger partial charge in [0.05, 0.1) is 0 Å². The number of rotatable bonds is 8. The molecule has 2 aromatic heterocycles. The van der Waals surface area contributed by atoms with Crippen molar-refractivity contribution in [2.24, 2.45) is 0 Å². The van der Waals surface area contributed by atoms with Crippen LogP contribution in [0.1, 0.15) is 48.8 Å². The van der Waals surface area contributed by atoms with E-state index in [0.29, 0.717) is 11.8 Å². The lowest BCUT2D eigenvalue weighted by Crippen LogP contribution is -2.30. The fraction of sp³-hybridized carbons (Fsp3) is 0.611. The van der Waals surface area contributed by atoms with Gasteiger partial charge in [-0.2, -0.15) is 13.2 Å². The highest BCUT2D eigenvalue weighted by Crippen LogP contribution is 2.33. The van der Waals surface area contributed by atoms with Crippen LogP contribution < -0.4 is 5.32 Å². The van der Waals surface area contributed by atoms with Crippen molar-refractivity contribution in [2.45, 2.75) is 55.9 Å². The second-order valence-electron chi connectivity index (χ2n) is 6.78. The summed E-state index contributed by atoms with van der Waals surface area (Å²) in [6.45, 7) is -1.41. The van der Waals surface area contributed by atoms with Gasteiger partial charge in [0.15, 0.2) is 11.8 Å². The molecule has 2 heterocycles. The van der Waals surface area contributed by atoms with Crippen LogP contribution in [0.2, 0.25) is 0 Å². The number of ether oxygens (including phenoxy) is 1. The monoisotopic (exact) mass is 448 g/mol. The van der Waals surface area contributed by atoms with Crippen molar-refractivity contribution >= 4 is 29.2 Å². The predicted octanol–water partition coefficient (Wildman–Crippen LogP) is 4.82. The van der Waals surface area contributed by atoms with Gasteiger partial charge in [-0.15, -0.1) is 21.5 Å². The van der Waals surface area contributed by atoms with Crippen LogP contribution in [0, 0.1) is 0 Å². The largest absolute Gasteiger partial charge is 0.440 e. The molecule has 1 fully saturated rings. The molecule has 0 radical (unpaired) electrons. The zero-order valence-electron chi connectivity index (χ0n) is 15.8. The molecule has 11 heteroatoms. The fourth-order valence-corrected chi connectivity index (χ4v) is 4.88. The van der Waals surface area contributed by atoms with Gasteiger partial charge in [-0.1, -0.05) is 37.1 Å². The minimum Gasteiger partial charge on any atom is -0.440 e. The average molecular weight is 449 g/mol. The maximum Gasteiger partial charge on any atom is 0.422 e. The number of nitrogens with one attached hydrogen (secondary N) is 1. The molecule has 1 N–H and O–H groups in total. The number of halogens is 3. The number of thiophene rings is 1. The third kappa shape index (κ3) is 6.91. The Morgan fingerprint density at radius 2 is 2.10 bits per heavy atom. The first-order chi connectivity index (χ1) is 13.9. The predicted molar refractivity (Wildman–Crippen MR) is 105 cm³/mol. The summed E-state index contributed by atoms with van der Waals surface area (Å²) in [7, 11) is 0. The Bertz CT molecular complexity index is 775. The highest BCUT2D eigenvalue weighted by atomic mass is 32.2. The molecule has 29 heavy (non-hydrogen) atoms. The number of alkyl halides is 3. The van der Waals surface area contributed by atoms with Crippen molar-refractivity contribution in [3.8, 4) is 0 Å². The fourth-order valence-electron chi connectivity index (χ4n) is 3.30. The van der Waals surface area contributed by atoms with Crippen LogP contribution in [0.3, 0.4) is 0 Å². The molecule has 6 nitrogen and oxygen atoms in total. The van der Waals surface area contributed by atoms with E-state index in [9.17, 15) is 18.0 Å². The summed E-state index contributed by atoms with van der Waals surface area (Å²) in [5.74, 6) is 1.39. The lowest BCUT2D eigenvalue weighted by molar-refractivity contribution is -0.160. The average Bonchev–Trinajstić information content (AvgIpc) is 3.34. The molecule has 0 aromatic carbocycles. The number of hydrogen-bond acceptors (Lipinski definition) is 6. The van der Waals surface area contributed by atoms with E-state index in [1.807, 2.05) is 11.4 Å². The third-order valence-electron chi connectivity index (χ3n) is 4.56. The minimum atomic E-state index is -4.53. The SMILES string of the molecule is O=C(NCCSc1nnc(Cc2cccs2)n1C1CCCCC1)OCC(F)(F)F. The second kappa shape index (κ2) is 10.3. The number of aromatic nitrogens is 3. The van der Waals surface area contributed by atoms with Gasteiger partial charge in [0.25, 0.3) is 0 Å². The Labute approximate surface area is 175 Å². The van der Waals surface area contributed by atoms with Crippen LogP contribution in [0.25, 0.3) is 0 Å². The summed E-state index contributed by atoms with van der Waals surface area (Å²) in [6, 6.07) is 4.45. The summed E-state index contributed by atoms with van der Waals surface area (Å²) >= 11 is 3.12. The Hall–Kier alpha value is -1.75. The van der Waals surface area contributed by atoms with E-state index >= 15 is 0 Å². The van der Waals surface area contributed by atoms with Crippen molar-refractivity contribution in [1.29, 1.82) is 0 Å². The van der Waals surface area contributed by atoms with Crippen molar-refractivity contribution < 1.29 is 22.7 Å². The zero-order chi connectivity index (χ0) is 20.7. The Kier molecular flexibility index (Phi) is 7.82. The molecule has 0 spiro atoms. The smallest absolute Gasteiger partial charge is 0.422 e. The minimum absolute atomic E-state index is 0.180. The van der Waals surface area contributed by atoms with Gasteiger partial charge in [-0.05, 0) is 24.3 Å². The van der Waals surface area contributed by atoms with Crippen molar-refractivity contribution in [3.05, 3.63) is 28.2 Å². The van der Waals surface area contributed by atoms with Crippen LogP contribution >= 0.6 is 23.1 Å². The number of carbonyl (C=O) groups excluding carboxylic acids is 1. The molecule has 160 valence electrons. The third-order valence-corrected chi connectivity index (χ3v) is 6.38. The van der Waals surface area contributed by atoms with E-state index in [0.717, 1.165) is 30.2 Å². The molecule has 0 aliphatic heterocycles. The number of alkyl carbamates (subject to hydrolysis) is 1. The molecule has 1 aliphatic carbocycles. The van der Waals surface area contributed by atoms with Gasteiger partial charge >= 0.3 is 12.3 Å². The van der Waals surface area contributed by atoms with Crippen LogP contribution in [0.5, 0.6) is 0 Å². The summed E-state index contributed by atoms with van der Waals surface area (Å²) in [4.78, 5) is 12.5. The van der Waals surface area contributed by atoms with E-state index in [1.165, 1.54) is 35.9 Å². The van der Waals surface area contributed by atoms with E-state index in [-0.39, 0.29) is 6.54 Å². The molecule has 0 unspecified atom stereocenters. The first kappa shape index (κ1) is 21.9. The number of amides is 1. The molecule has 1 amide bonds. The van der Waals surface area contributed by atoms with E-state index in [1.54, 1.807) is 11.3 Å². The molecule has 0 saturated heterocycles. The van der Waals surface area contributed by atoms with E-state index < -0.39 is 18.9 Å². The van der Waals surface area contributed by atoms with Gasteiger partial charge in [0.1, 0.15) is 5.82 Å². The lowest BCUT2D eigenvalue weighted by Gasteiger charge is -2.25. The van der Waals surface area contributed by atoms with Crippen molar-refractivity contribution in [1.82, 2.24) is 20.1 Å². The number of carbonyl (C=O) groups is 1. The molecule has 3 rings (SSSR count). The van der Waals surface area contributed by atoms with Crippen LogP contribution in [-0.2, 0) is 11.2 Å². The summed E-state index contributed by atoms with van der Waals surface area (Å²) in [5, 5.41) is 13.9. The van der Waals surface area contributed by atoms with Crippen molar-refractivity contribution in [2.75, 3.05) is 18.9 Å². The van der Waals surface area contributed by atoms with E-state index in [4.69, 9.17) is 0 Å². The van der Waals surface area contributed by atoms with Gasteiger partial charge in [0.2, 0.25) is 0 Å². The lowest BCUT2D eigenvalue weighted by atomic mass is 9.95. The zero-order valence-corrected chi connectivity index (χ0v) is 17.4. The first-order valence-electron chi connectivity index (χ1n) is 9.49. The van der Waals surface area contributed by atoms with Crippen LogP contribution in [-0.4, -0.2) is 45.9 Å². The maximum atomic E-state index is 12.1. The highest BCUT2D eigenvalue weighted by Gasteiger charge is 2.29. The van der Waals surface area contributed by atoms with Crippen LogP contribution in [0.15, 0.2) is 22.7 Å². The first-order valence-corrected chi connectivity index (χ1v) is 11.4. The van der Waals surface area contributed by atoms with Crippen molar-refractivity contribution in [3.63, 3.8) is 0 Å². The topological polar surface area (TPSA) is 69.0 Å². The Balaban J connectivity index is 1.56. The molecule has 0 atom stereocenters. The van der Waals surface area contributed by atoms with Crippen LogP contribution in [0.4, 0.5) is 18.0 Å². The standard InChI is InChI=1S/C18H23F3N4O2S2/c19-18(20,21)12-27-17(26)22-8-10-29-16-24-23-15(11-14-7-4-9-28-14)25(16)13-5-2-1-3-6-13/h4,7,9,13H,1-3,5-6,8,10-12H2,(H,22,26). The molecule has 2 aromatic rings. The number of nitrogens with zero attached hydrogens (tertiary/aromatic N) is 3. The molecular formula is C18H23F3N4O2S2. The number of thioether (sulfide) groups is 1. The van der Waals surface area contributed by atoms with Gasteiger partial charge in [-0.3, -0.25) is 0 Å². The maximum absolute atomic E-state index is 12.1. The molecular weight excluding hydrogens is 425 g/mol. The highest BCUT2D eigenvalue weighted by molar-refractivity contribution is 7.99. The Morgan fingerprint density at radius 1 is 1.31 bits per heavy atom. The molecule has 0 bridgehead atoms. The summed E-state index contributed by atoms with van der Waals surface area (Å²) < 4.78 is 42.5. The normalized spacial score (nSPS) is 15.4. The molecule has 1 aliphatic rings. The van der Waals surface area contributed by atoms with E-state index in [2.05, 4.69) is 30.9 Å². The molecule has 1 saturated carbocycles. The van der Waals surface area contributed by atoms with Gasteiger partial charge < -0.3 is 14.6 Å². The second-order valence-corrected chi connectivity index (χ2v) is 8.88.